The number of esters is 1. The monoisotopic (exact) mass is 164 g/mol. The first-order valence-electron chi connectivity index (χ1n) is 2.58. The highest BCUT2D eigenvalue weighted by molar-refractivity contribution is 7.80. The van der Waals surface area contributed by atoms with Gasteiger partial charge in [-0.15, -0.1) is 0 Å². The molecule has 0 aromatic rings. The Hall–Kier alpha value is -0.710. The molecule has 0 aliphatic rings. The minimum Gasteiger partial charge on any atom is -0.478 e. The molecule has 5 heteroatoms. The molecular formula is C5H8O4S. The van der Waals surface area contributed by atoms with Crippen LogP contribution in [0.3, 0.4) is 0 Å². The fourth-order valence-corrected chi connectivity index (χ4v) is 0.597. The van der Waals surface area contributed by atoms with Crippen LogP contribution in [-0.2, 0) is 14.3 Å². The van der Waals surface area contributed by atoms with Gasteiger partial charge in [-0.05, 0) is 0 Å². The number of hydrogen-bond acceptors (Lipinski definition) is 4. The van der Waals surface area contributed by atoms with E-state index in [4.69, 9.17) is 5.11 Å². The van der Waals surface area contributed by atoms with Crippen LogP contribution in [0.1, 0.15) is 6.92 Å². The highest BCUT2D eigenvalue weighted by Gasteiger charge is 2.17. The van der Waals surface area contributed by atoms with Crippen molar-refractivity contribution in [2.75, 3.05) is 5.75 Å². The van der Waals surface area contributed by atoms with Gasteiger partial charge >= 0.3 is 11.9 Å². The van der Waals surface area contributed by atoms with E-state index in [-0.39, 0.29) is 5.75 Å². The Labute approximate surface area is 63.6 Å². The zero-order valence-electron chi connectivity index (χ0n) is 5.40. The number of carbonyl (C=O) groups is 2. The van der Waals surface area contributed by atoms with Crippen LogP contribution in [0.4, 0.5) is 0 Å². The Morgan fingerprint density at radius 1 is 1.70 bits per heavy atom. The molecule has 0 aromatic carbocycles. The van der Waals surface area contributed by atoms with Gasteiger partial charge in [-0.2, -0.15) is 12.6 Å². The largest absolute Gasteiger partial charge is 0.478 e. The van der Waals surface area contributed by atoms with Gasteiger partial charge in [0.25, 0.3) is 0 Å². The average Bonchev–Trinajstić information content (AvgIpc) is 1.81. The molecule has 0 rings (SSSR count). The Bertz CT molecular complexity index is 145. The number of rotatable bonds is 3. The van der Waals surface area contributed by atoms with Crippen LogP contribution in [0, 0.1) is 0 Å². The van der Waals surface area contributed by atoms with Crippen LogP contribution in [0.25, 0.3) is 0 Å². The number of carbonyl (C=O) groups excluding carboxylic acids is 1. The molecule has 0 heterocycles. The summed E-state index contributed by atoms with van der Waals surface area (Å²) >= 11 is 3.67. The third kappa shape index (κ3) is 3.34. The molecule has 0 saturated heterocycles. The zero-order chi connectivity index (χ0) is 8.15. The SMILES string of the molecule is CC(=O)OC(CS)C(=O)O. The molecule has 1 atom stereocenters. The predicted molar refractivity (Wildman–Crippen MR) is 37.0 cm³/mol. The van der Waals surface area contributed by atoms with Gasteiger partial charge in [-0.25, -0.2) is 4.79 Å². The van der Waals surface area contributed by atoms with Crippen molar-refractivity contribution < 1.29 is 19.4 Å². The Balaban J connectivity index is 3.83. The van der Waals surface area contributed by atoms with Gasteiger partial charge in [0.15, 0.2) is 0 Å². The van der Waals surface area contributed by atoms with E-state index in [1.54, 1.807) is 0 Å². The van der Waals surface area contributed by atoms with E-state index >= 15 is 0 Å². The van der Waals surface area contributed by atoms with Gasteiger partial charge in [-0.1, -0.05) is 0 Å². The second kappa shape index (κ2) is 4.16. The molecule has 1 N–H and O–H groups in total. The molecule has 0 saturated carbocycles. The normalized spacial score (nSPS) is 12.2. The highest BCUT2D eigenvalue weighted by atomic mass is 32.1. The molecule has 0 aromatic heterocycles. The number of ether oxygens (including phenoxy) is 1. The Morgan fingerprint density at radius 2 is 2.20 bits per heavy atom. The van der Waals surface area contributed by atoms with E-state index in [0.29, 0.717) is 0 Å². The summed E-state index contributed by atoms with van der Waals surface area (Å²) in [5.74, 6) is -1.79. The van der Waals surface area contributed by atoms with Crippen molar-refractivity contribution in [3.63, 3.8) is 0 Å². The van der Waals surface area contributed by atoms with Gasteiger partial charge in [-0.3, -0.25) is 4.79 Å². The first kappa shape index (κ1) is 9.29. The standard InChI is InChI=1S/C5H8O4S/c1-3(6)9-4(2-10)5(7)8/h4,10H,2H2,1H3,(H,7,8). The lowest BCUT2D eigenvalue weighted by molar-refractivity contribution is -0.160. The summed E-state index contributed by atoms with van der Waals surface area (Å²) in [6, 6.07) is 0. The first-order chi connectivity index (χ1) is 4.57. The maximum absolute atomic E-state index is 10.2. The van der Waals surface area contributed by atoms with Crippen LogP contribution >= 0.6 is 12.6 Å². The Kier molecular flexibility index (Phi) is 3.87. The van der Waals surface area contributed by atoms with Gasteiger partial charge in [0.1, 0.15) is 0 Å². The van der Waals surface area contributed by atoms with E-state index in [2.05, 4.69) is 17.4 Å². The van der Waals surface area contributed by atoms with E-state index in [0.717, 1.165) is 6.92 Å². The van der Waals surface area contributed by atoms with Crippen molar-refractivity contribution in [1.29, 1.82) is 0 Å². The molecule has 0 bridgehead atoms. The molecule has 0 amide bonds. The first-order valence-corrected chi connectivity index (χ1v) is 3.22. The van der Waals surface area contributed by atoms with Crippen LogP contribution < -0.4 is 0 Å². The third-order valence-electron chi connectivity index (χ3n) is 0.749. The summed E-state index contributed by atoms with van der Waals surface area (Å²) < 4.78 is 4.35. The van der Waals surface area contributed by atoms with Crippen LogP contribution in [0.2, 0.25) is 0 Å². The molecule has 0 radical (unpaired) electrons. The van der Waals surface area contributed by atoms with Gasteiger partial charge < -0.3 is 9.84 Å². The van der Waals surface area contributed by atoms with E-state index in [1.165, 1.54) is 0 Å². The lowest BCUT2D eigenvalue weighted by atomic mass is 10.4. The lowest BCUT2D eigenvalue weighted by Crippen LogP contribution is -2.27. The number of carboxylic acid groups (broad SMARTS) is 1. The molecule has 1 unspecified atom stereocenters. The van der Waals surface area contributed by atoms with Crippen molar-refractivity contribution in [2.45, 2.75) is 13.0 Å². The molecule has 4 nitrogen and oxygen atoms in total. The second-order valence-corrected chi connectivity index (χ2v) is 1.98. The maximum atomic E-state index is 10.2. The molecule has 0 spiro atoms. The molecule has 0 aliphatic heterocycles. The maximum Gasteiger partial charge on any atom is 0.345 e. The van der Waals surface area contributed by atoms with Gasteiger partial charge in [0.2, 0.25) is 6.10 Å². The molecule has 10 heavy (non-hydrogen) atoms. The van der Waals surface area contributed by atoms with Crippen molar-refractivity contribution in [3.8, 4) is 0 Å². The molecular weight excluding hydrogens is 156 g/mol. The Morgan fingerprint density at radius 3 is 2.30 bits per heavy atom. The van der Waals surface area contributed by atoms with Crippen molar-refractivity contribution >= 4 is 24.6 Å². The fraction of sp³-hybridized carbons (Fsp3) is 0.600. The molecule has 0 aliphatic carbocycles. The molecule has 58 valence electrons. The summed E-state index contributed by atoms with van der Waals surface area (Å²) in [5, 5.41) is 8.30. The van der Waals surface area contributed by atoms with Crippen LogP contribution in [0.5, 0.6) is 0 Å². The summed E-state index contributed by atoms with van der Waals surface area (Å²) in [5.41, 5.74) is 0. The second-order valence-electron chi connectivity index (χ2n) is 1.62. The van der Waals surface area contributed by atoms with Crippen LogP contribution in [0.15, 0.2) is 0 Å². The third-order valence-corrected chi connectivity index (χ3v) is 1.08. The van der Waals surface area contributed by atoms with Crippen molar-refractivity contribution in [2.24, 2.45) is 0 Å². The number of aliphatic carboxylic acids is 1. The lowest BCUT2D eigenvalue weighted by Gasteiger charge is -2.07. The highest BCUT2D eigenvalue weighted by Crippen LogP contribution is 1.95. The number of carboxylic acids is 1. The van der Waals surface area contributed by atoms with Crippen molar-refractivity contribution in [1.82, 2.24) is 0 Å². The van der Waals surface area contributed by atoms with E-state index in [1.807, 2.05) is 0 Å². The van der Waals surface area contributed by atoms with Gasteiger partial charge in [0, 0.05) is 12.7 Å². The van der Waals surface area contributed by atoms with Crippen molar-refractivity contribution in [3.05, 3.63) is 0 Å². The van der Waals surface area contributed by atoms with E-state index in [9.17, 15) is 9.59 Å². The summed E-state index contributed by atoms with van der Waals surface area (Å²) in [6.45, 7) is 1.15. The van der Waals surface area contributed by atoms with Gasteiger partial charge in [0.05, 0.1) is 0 Å². The topological polar surface area (TPSA) is 63.6 Å². The summed E-state index contributed by atoms with van der Waals surface area (Å²) in [6.07, 6.45) is -1.12. The number of thiol groups is 1. The smallest absolute Gasteiger partial charge is 0.345 e. The van der Waals surface area contributed by atoms with E-state index < -0.39 is 18.0 Å². The zero-order valence-corrected chi connectivity index (χ0v) is 6.30. The van der Waals surface area contributed by atoms with Crippen LogP contribution in [-0.4, -0.2) is 28.9 Å². The minimum absolute atomic E-state index is 0.00505. The quantitative estimate of drug-likeness (QED) is 0.453. The minimum atomic E-state index is -1.18. The fourth-order valence-electron chi connectivity index (χ4n) is 0.366. The number of hydrogen-bond donors (Lipinski definition) is 2. The molecule has 0 fully saturated rings. The summed E-state index contributed by atoms with van der Waals surface area (Å²) in [4.78, 5) is 20.3. The average molecular weight is 164 g/mol. The predicted octanol–water partition coefficient (Wildman–Crippen LogP) is -0.0675. The summed E-state index contributed by atoms with van der Waals surface area (Å²) in [7, 11) is 0.